The van der Waals surface area contributed by atoms with Gasteiger partial charge < -0.3 is 24.6 Å². The van der Waals surface area contributed by atoms with Gasteiger partial charge in [-0.25, -0.2) is 4.79 Å². The minimum absolute atomic E-state index is 0.232. The number of hydrogen-bond acceptors (Lipinski definition) is 5. The highest BCUT2D eigenvalue weighted by molar-refractivity contribution is 5.66. The van der Waals surface area contributed by atoms with Gasteiger partial charge in [0.25, 0.3) is 0 Å². The molecule has 0 aromatic rings. The Kier molecular flexibility index (Phi) is 8.57. The molecule has 0 atom stereocenters. The van der Waals surface area contributed by atoms with Gasteiger partial charge in [-0.05, 0) is 38.9 Å². The highest BCUT2D eigenvalue weighted by Gasteiger charge is 2.18. The third-order valence-corrected chi connectivity index (χ3v) is 3.49. The maximum absolute atomic E-state index is 11.1. The number of ether oxygens (including phenoxy) is 2. The fourth-order valence-corrected chi connectivity index (χ4v) is 2.06. The third-order valence-electron chi connectivity index (χ3n) is 3.49. The van der Waals surface area contributed by atoms with E-state index in [1.165, 1.54) is 4.90 Å². The van der Waals surface area contributed by atoms with E-state index in [0.717, 1.165) is 52.2 Å². The van der Waals surface area contributed by atoms with Crippen LogP contribution in [0.3, 0.4) is 0 Å². The van der Waals surface area contributed by atoms with Crippen molar-refractivity contribution in [2.24, 2.45) is 5.92 Å². The van der Waals surface area contributed by atoms with Crippen LogP contribution in [0.15, 0.2) is 0 Å². The van der Waals surface area contributed by atoms with Gasteiger partial charge in [-0.2, -0.15) is 0 Å². The predicted octanol–water partition coefficient (Wildman–Crippen LogP) is 0.633. The number of amides is 1. The highest BCUT2D eigenvalue weighted by Crippen LogP contribution is 2.16. The van der Waals surface area contributed by atoms with Gasteiger partial charge in [0, 0.05) is 27.2 Å². The first-order valence-corrected chi connectivity index (χ1v) is 7.40. The van der Waals surface area contributed by atoms with E-state index in [1.807, 2.05) is 0 Å². The Bertz CT molecular complexity index is 251. The Hall–Kier alpha value is -0.850. The van der Waals surface area contributed by atoms with Crippen LogP contribution in [0.5, 0.6) is 0 Å². The Balaban J connectivity index is 0.000000276. The van der Waals surface area contributed by atoms with Gasteiger partial charge in [0.15, 0.2) is 0 Å². The lowest BCUT2D eigenvalue weighted by molar-refractivity contribution is 0.0838. The number of nitrogens with zero attached hydrogens (tertiary/aromatic N) is 2. The summed E-state index contributed by atoms with van der Waals surface area (Å²) in [5.74, 6) is 0.551. The topological polar surface area (TPSA) is 54.0 Å². The molecule has 6 nitrogen and oxygen atoms in total. The summed E-state index contributed by atoms with van der Waals surface area (Å²) in [7, 11) is 5.54. The molecule has 1 amide bonds. The molecule has 0 bridgehead atoms. The first kappa shape index (κ1) is 17.2. The summed E-state index contributed by atoms with van der Waals surface area (Å²) in [6.45, 7) is 6.64. The lowest BCUT2D eigenvalue weighted by atomic mass is 9.98. The van der Waals surface area contributed by atoms with Gasteiger partial charge in [0.05, 0.1) is 19.8 Å². The van der Waals surface area contributed by atoms with Crippen molar-refractivity contribution in [2.75, 3.05) is 67.1 Å². The minimum atomic E-state index is -0.232. The molecule has 0 spiro atoms. The number of carbonyl (C=O) groups excluding carboxylic acids is 1. The molecule has 2 aliphatic heterocycles. The number of likely N-dealkylation sites (tertiary alicyclic amines) is 1. The van der Waals surface area contributed by atoms with Crippen molar-refractivity contribution in [1.29, 1.82) is 0 Å². The Morgan fingerprint density at radius 1 is 1.30 bits per heavy atom. The Labute approximate surface area is 122 Å². The smallest absolute Gasteiger partial charge is 0.409 e. The van der Waals surface area contributed by atoms with Crippen molar-refractivity contribution >= 4 is 6.09 Å². The number of hydrogen-bond donors (Lipinski definition) is 1. The zero-order valence-corrected chi connectivity index (χ0v) is 13.1. The molecule has 6 heteroatoms. The quantitative estimate of drug-likeness (QED) is 0.807. The summed E-state index contributed by atoms with van der Waals surface area (Å²) < 4.78 is 10.2. The van der Waals surface area contributed by atoms with Crippen LogP contribution in [0.1, 0.15) is 12.8 Å². The number of carbonyl (C=O) groups is 1. The van der Waals surface area contributed by atoms with E-state index in [-0.39, 0.29) is 6.09 Å². The van der Waals surface area contributed by atoms with E-state index in [4.69, 9.17) is 9.47 Å². The summed E-state index contributed by atoms with van der Waals surface area (Å²) in [5.41, 5.74) is 0. The Morgan fingerprint density at radius 2 is 1.90 bits per heavy atom. The van der Waals surface area contributed by atoms with Crippen LogP contribution in [0.2, 0.25) is 0 Å². The zero-order chi connectivity index (χ0) is 14.8. The standard InChI is InChI=1S/C10H20N2O2.C4H9NO/c1-11(2)10(13)14-8-9-4-6-12(3)7-5-9;1-3-6-4-2-5-1/h9H,4-8H2,1-3H3;5H,1-4H2. The third kappa shape index (κ3) is 7.67. The molecule has 0 radical (unpaired) electrons. The van der Waals surface area contributed by atoms with E-state index in [9.17, 15) is 4.79 Å². The average Bonchev–Trinajstić information content (AvgIpc) is 2.48. The first-order chi connectivity index (χ1) is 9.59. The van der Waals surface area contributed by atoms with Crippen LogP contribution in [-0.2, 0) is 9.47 Å². The predicted molar refractivity (Wildman–Crippen MR) is 78.9 cm³/mol. The molecule has 2 aliphatic rings. The van der Waals surface area contributed by atoms with E-state index in [2.05, 4.69) is 17.3 Å². The molecule has 2 heterocycles. The second-order valence-corrected chi connectivity index (χ2v) is 5.58. The molecule has 118 valence electrons. The molecule has 0 unspecified atom stereocenters. The maximum Gasteiger partial charge on any atom is 0.409 e. The summed E-state index contributed by atoms with van der Waals surface area (Å²) in [5, 5.41) is 3.16. The number of piperidine rings is 1. The monoisotopic (exact) mass is 287 g/mol. The van der Waals surface area contributed by atoms with Gasteiger partial charge in [0.1, 0.15) is 0 Å². The maximum atomic E-state index is 11.1. The fraction of sp³-hybridized carbons (Fsp3) is 0.929. The highest BCUT2D eigenvalue weighted by atomic mass is 16.6. The van der Waals surface area contributed by atoms with Crippen molar-refractivity contribution < 1.29 is 14.3 Å². The number of rotatable bonds is 2. The van der Waals surface area contributed by atoms with E-state index in [1.54, 1.807) is 14.1 Å². The van der Waals surface area contributed by atoms with E-state index < -0.39 is 0 Å². The fourth-order valence-electron chi connectivity index (χ4n) is 2.06. The van der Waals surface area contributed by atoms with Crippen molar-refractivity contribution in [1.82, 2.24) is 15.1 Å². The average molecular weight is 287 g/mol. The molecule has 0 aliphatic carbocycles. The van der Waals surface area contributed by atoms with Crippen molar-refractivity contribution in [3.05, 3.63) is 0 Å². The largest absolute Gasteiger partial charge is 0.449 e. The van der Waals surface area contributed by atoms with E-state index in [0.29, 0.717) is 12.5 Å². The lowest BCUT2D eigenvalue weighted by Crippen LogP contribution is -2.33. The molecule has 0 aromatic heterocycles. The van der Waals surface area contributed by atoms with Gasteiger partial charge in [-0.15, -0.1) is 0 Å². The molecule has 0 saturated carbocycles. The van der Waals surface area contributed by atoms with Crippen LogP contribution in [-0.4, -0.2) is 83.0 Å². The molecule has 1 N–H and O–H groups in total. The molecule has 0 aromatic carbocycles. The van der Waals surface area contributed by atoms with Crippen LogP contribution in [0, 0.1) is 5.92 Å². The van der Waals surface area contributed by atoms with Crippen molar-refractivity contribution in [3.8, 4) is 0 Å². The van der Waals surface area contributed by atoms with Crippen LogP contribution in [0.25, 0.3) is 0 Å². The summed E-state index contributed by atoms with van der Waals surface area (Å²) >= 11 is 0. The van der Waals surface area contributed by atoms with Crippen LogP contribution >= 0.6 is 0 Å². The molecular weight excluding hydrogens is 258 g/mol. The molecule has 20 heavy (non-hydrogen) atoms. The summed E-state index contributed by atoms with van der Waals surface area (Å²) in [6, 6.07) is 0. The Morgan fingerprint density at radius 3 is 2.30 bits per heavy atom. The molecular formula is C14H29N3O3. The van der Waals surface area contributed by atoms with Crippen molar-refractivity contribution in [3.63, 3.8) is 0 Å². The van der Waals surface area contributed by atoms with Gasteiger partial charge in [0.2, 0.25) is 0 Å². The zero-order valence-electron chi connectivity index (χ0n) is 13.1. The van der Waals surface area contributed by atoms with Gasteiger partial charge in [-0.3, -0.25) is 0 Å². The number of nitrogens with one attached hydrogen (secondary N) is 1. The summed E-state index contributed by atoms with van der Waals surface area (Å²) in [6.07, 6.45) is 2.04. The minimum Gasteiger partial charge on any atom is -0.449 e. The number of morpholine rings is 1. The van der Waals surface area contributed by atoms with Crippen LogP contribution < -0.4 is 5.32 Å². The summed E-state index contributed by atoms with van der Waals surface area (Å²) in [4.78, 5) is 14.9. The second-order valence-electron chi connectivity index (χ2n) is 5.58. The van der Waals surface area contributed by atoms with Crippen molar-refractivity contribution in [2.45, 2.75) is 12.8 Å². The SMILES string of the molecule is C1COCCN1.CN1CCC(COC(=O)N(C)C)CC1. The molecule has 2 fully saturated rings. The van der Waals surface area contributed by atoms with E-state index >= 15 is 0 Å². The normalized spacial score (nSPS) is 20.8. The first-order valence-electron chi connectivity index (χ1n) is 7.40. The van der Waals surface area contributed by atoms with Gasteiger partial charge in [-0.1, -0.05) is 0 Å². The van der Waals surface area contributed by atoms with Gasteiger partial charge >= 0.3 is 6.09 Å². The second kappa shape index (κ2) is 9.96. The molecule has 2 rings (SSSR count). The lowest BCUT2D eigenvalue weighted by Gasteiger charge is -2.28. The molecule has 2 saturated heterocycles. The van der Waals surface area contributed by atoms with Crippen LogP contribution in [0.4, 0.5) is 4.79 Å².